The first-order chi connectivity index (χ1) is 18.3. The Balaban J connectivity index is 0.000000208. The summed E-state index contributed by atoms with van der Waals surface area (Å²) in [4.78, 5) is 33.6. The number of rotatable bonds is 3. The maximum absolute atomic E-state index is 10.8. The summed E-state index contributed by atoms with van der Waals surface area (Å²) in [6, 6.07) is 8.50. The highest BCUT2D eigenvalue weighted by atomic mass is 35.5. The quantitative estimate of drug-likeness (QED) is 0.246. The van der Waals surface area contributed by atoms with Crippen LogP contribution in [0.3, 0.4) is 0 Å². The van der Waals surface area contributed by atoms with Crippen LogP contribution in [-0.4, -0.2) is 39.9 Å². The van der Waals surface area contributed by atoms with Crippen molar-refractivity contribution in [1.82, 2.24) is 9.97 Å². The number of aromatic nitrogens is 2. The largest absolute Gasteiger partial charge is 0.477 e. The van der Waals surface area contributed by atoms with Crippen molar-refractivity contribution in [1.29, 1.82) is 0 Å². The second-order valence-electron chi connectivity index (χ2n) is 10.3. The van der Waals surface area contributed by atoms with Gasteiger partial charge >= 0.3 is 5.97 Å². The fourth-order valence-corrected chi connectivity index (χ4v) is 4.85. The third-order valence-electron chi connectivity index (χ3n) is 5.60. The van der Waals surface area contributed by atoms with Gasteiger partial charge in [-0.2, -0.15) is 0 Å². The van der Waals surface area contributed by atoms with Gasteiger partial charge in [-0.3, -0.25) is 4.79 Å². The molecule has 0 saturated carbocycles. The van der Waals surface area contributed by atoms with Crippen molar-refractivity contribution < 1.29 is 14.7 Å². The lowest BCUT2D eigenvalue weighted by molar-refractivity contribution is 0.0701. The molecule has 1 aliphatic rings. The molecule has 0 spiro atoms. The van der Waals surface area contributed by atoms with Crippen LogP contribution < -0.4 is 4.90 Å². The van der Waals surface area contributed by atoms with Crippen molar-refractivity contribution in [2.75, 3.05) is 18.0 Å². The van der Waals surface area contributed by atoms with Crippen LogP contribution in [0.1, 0.15) is 77.9 Å². The van der Waals surface area contributed by atoms with Crippen molar-refractivity contribution in [3.63, 3.8) is 0 Å². The summed E-state index contributed by atoms with van der Waals surface area (Å²) in [7, 11) is 0. The molecule has 3 aromatic rings. The molecule has 0 unspecified atom stereocenters. The Bertz CT molecular complexity index is 1320. The maximum atomic E-state index is 10.8. The summed E-state index contributed by atoms with van der Waals surface area (Å²) in [5, 5.41) is 9.82. The number of aromatic carboxylic acids is 1. The molecule has 0 radical (unpaired) electrons. The van der Waals surface area contributed by atoms with Gasteiger partial charge in [0.05, 0.1) is 9.90 Å². The summed E-state index contributed by atoms with van der Waals surface area (Å²) in [5.74, 6) is 6.91. The first kappa shape index (κ1) is 32.3. The van der Waals surface area contributed by atoms with Crippen molar-refractivity contribution in [3.05, 3.63) is 73.7 Å². The predicted octanol–water partition coefficient (Wildman–Crippen LogP) is 8.06. The van der Waals surface area contributed by atoms with Gasteiger partial charge in [0.2, 0.25) is 5.95 Å². The normalized spacial score (nSPS) is 13.2. The number of hydrogen-bond donors (Lipinski definition) is 1. The zero-order chi connectivity index (χ0) is 29.2. The number of carboxylic acids is 1. The summed E-state index contributed by atoms with van der Waals surface area (Å²) in [5.41, 5.74) is 1.24. The fraction of sp³-hybridized carbons (Fsp3) is 0.400. The fourth-order valence-electron chi connectivity index (χ4n) is 3.44. The maximum Gasteiger partial charge on any atom is 0.346 e. The lowest BCUT2D eigenvalue weighted by atomic mass is 9.98. The molecule has 9 heteroatoms. The number of aryl methyl sites for hydroxylation is 1. The molecule has 1 aliphatic heterocycles. The van der Waals surface area contributed by atoms with E-state index in [0.29, 0.717) is 20.5 Å². The lowest BCUT2D eigenvalue weighted by Crippen LogP contribution is -2.33. The summed E-state index contributed by atoms with van der Waals surface area (Å²) in [6.07, 6.45) is 6.14. The van der Waals surface area contributed by atoms with E-state index in [2.05, 4.69) is 33.6 Å². The number of piperidine rings is 1. The van der Waals surface area contributed by atoms with Crippen LogP contribution in [0.25, 0.3) is 0 Å². The van der Waals surface area contributed by atoms with Gasteiger partial charge in [-0.15, -0.1) is 11.3 Å². The number of halogens is 2. The number of benzene rings is 1. The minimum Gasteiger partial charge on any atom is -0.477 e. The van der Waals surface area contributed by atoms with E-state index in [1.807, 2.05) is 32.9 Å². The van der Waals surface area contributed by atoms with E-state index < -0.39 is 5.97 Å². The standard InChI is InChI=1S/C12H14O2S.C10H15N3.C8H6Cl2O/c1-8-7-9(5-6-12(2,3)4)15-10(8)11(13)14;1-9-3-7-13(8-4-9)10-11-5-2-6-12-10;1-5(11)7-3-2-6(9)4-8(7)10/h7H,1-4H3,(H,13,14);2,5-6,9H,3-4,7-8H2,1H3;2-4H,1H3. The molecule has 1 N–H and O–H groups in total. The summed E-state index contributed by atoms with van der Waals surface area (Å²) < 4.78 is 0. The number of nitrogens with zero attached hydrogens (tertiary/aromatic N) is 3. The van der Waals surface area contributed by atoms with Crippen LogP contribution in [-0.2, 0) is 0 Å². The van der Waals surface area contributed by atoms with Crippen LogP contribution >= 0.6 is 34.5 Å². The smallest absolute Gasteiger partial charge is 0.346 e. The highest BCUT2D eigenvalue weighted by Gasteiger charge is 2.17. The Hall–Kier alpha value is -2.92. The zero-order valence-corrected chi connectivity index (χ0v) is 25.5. The number of hydrogen-bond acceptors (Lipinski definition) is 6. The lowest BCUT2D eigenvalue weighted by Gasteiger charge is -2.29. The molecule has 2 aromatic heterocycles. The molecule has 0 aliphatic carbocycles. The minimum atomic E-state index is -0.874. The zero-order valence-electron chi connectivity index (χ0n) is 23.2. The number of anilines is 1. The molecule has 0 bridgehead atoms. The van der Waals surface area contributed by atoms with Crippen molar-refractivity contribution in [3.8, 4) is 11.8 Å². The molecule has 1 saturated heterocycles. The number of carbonyl (C=O) groups excluding carboxylic acids is 1. The minimum absolute atomic E-state index is 0.0494. The van der Waals surface area contributed by atoms with Crippen LogP contribution in [0.5, 0.6) is 0 Å². The van der Waals surface area contributed by atoms with Crippen LogP contribution in [0, 0.1) is 30.1 Å². The molecular formula is C30H35Cl2N3O3S. The highest BCUT2D eigenvalue weighted by molar-refractivity contribution is 7.14. The third kappa shape index (κ3) is 11.4. The van der Waals surface area contributed by atoms with E-state index >= 15 is 0 Å². The van der Waals surface area contributed by atoms with E-state index in [1.54, 1.807) is 37.5 Å². The number of carboxylic acid groups (broad SMARTS) is 1. The van der Waals surface area contributed by atoms with Crippen molar-refractivity contribution in [2.45, 2.75) is 54.4 Å². The van der Waals surface area contributed by atoms with Gasteiger partial charge in [0.15, 0.2) is 5.78 Å². The van der Waals surface area contributed by atoms with Gasteiger partial charge in [0.25, 0.3) is 0 Å². The molecule has 6 nitrogen and oxygen atoms in total. The van der Waals surface area contributed by atoms with Crippen LogP contribution in [0.4, 0.5) is 5.95 Å². The van der Waals surface area contributed by atoms with E-state index in [4.69, 9.17) is 28.3 Å². The van der Waals surface area contributed by atoms with E-state index in [9.17, 15) is 9.59 Å². The van der Waals surface area contributed by atoms with Crippen LogP contribution in [0.15, 0.2) is 42.7 Å². The number of Topliss-reactive ketones (excluding diaryl/α,β-unsaturated/α-hetero) is 1. The van der Waals surface area contributed by atoms with Gasteiger partial charge in [0, 0.05) is 41.5 Å². The molecule has 208 valence electrons. The summed E-state index contributed by atoms with van der Waals surface area (Å²) in [6.45, 7) is 13.9. The van der Waals surface area contributed by atoms with E-state index in [0.717, 1.165) is 35.4 Å². The second-order valence-corrected chi connectivity index (χ2v) is 12.2. The Kier molecular flexibility index (Phi) is 12.4. The monoisotopic (exact) mass is 587 g/mol. The molecule has 1 aromatic carbocycles. The first-order valence-electron chi connectivity index (χ1n) is 12.6. The Morgan fingerprint density at radius 3 is 2.21 bits per heavy atom. The predicted molar refractivity (Wildman–Crippen MR) is 161 cm³/mol. The number of thiophene rings is 1. The Morgan fingerprint density at radius 2 is 1.72 bits per heavy atom. The molecule has 1 fully saturated rings. The average Bonchev–Trinajstić information content (AvgIpc) is 3.25. The second kappa shape index (κ2) is 15.0. The Labute approximate surface area is 245 Å². The molecular weight excluding hydrogens is 553 g/mol. The SMILES string of the molecule is CC(=O)c1ccc(Cl)cc1Cl.CC1CCN(c2ncccn2)CC1.Cc1cc(C#CC(C)(C)C)sc1C(=O)O. The highest BCUT2D eigenvalue weighted by Crippen LogP contribution is 2.22. The summed E-state index contributed by atoms with van der Waals surface area (Å²) >= 11 is 12.6. The van der Waals surface area contributed by atoms with Gasteiger partial charge < -0.3 is 10.0 Å². The first-order valence-corrected chi connectivity index (χ1v) is 14.2. The van der Waals surface area contributed by atoms with Crippen LogP contribution in [0.2, 0.25) is 10.0 Å². The van der Waals surface area contributed by atoms with Gasteiger partial charge in [0.1, 0.15) is 4.88 Å². The van der Waals surface area contributed by atoms with Crippen molar-refractivity contribution in [2.24, 2.45) is 11.3 Å². The molecule has 4 rings (SSSR count). The van der Waals surface area contributed by atoms with Gasteiger partial charge in [-0.05, 0) is 89.3 Å². The van der Waals surface area contributed by atoms with E-state index in [1.165, 1.54) is 31.1 Å². The molecule has 0 atom stereocenters. The number of ketones is 1. The van der Waals surface area contributed by atoms with E-state index in [-0.39, 0.29) is 11.2 Å². The van der Waals surface area contributed by atoms with Crippen molar-refractivity contribution >= 4 is 52.2 Å². The Morgan fingerprint density at radius 1 is 1.10 bits per heavy atom. The molecule has 0 amide bonds. The number of carbonyl (C=O) groups is 2. The third-order valence-corrected chi connectivity index (χ3v) is 7.29. The van der Waals surface area contributed by atoms with Gasteiger partial charge in [-0.25, -0.2) is 14.8 Å². The average molecular weight is 589 g/mol. The molecule has 3 heterocycles. The van der Waals surface area contributed by atoms with Gasteiger partial charge in [-0.1, -0.05) is 42.0 Å². The molecule has 39 heavy (non-hydrogen) atoms. The topological polar surface area (TPSA) is 83.4 Å².